The van der Waals surface area contributed by atoms with E-state index in [-0.39, 0.29) is 12.1 Å². The van der Waals surface area contributed by atoms with Gasteiger partial charge in [0.1, 0.15) is 22.9 Å². The second-order valence-corrected chi connectivity index (χ2v) is 4.60. The largest absolute Gasteiger partial charge is 0.384 e. The maximum Gasteiger partial charge on any atom is 0.128 e. The Hall–Kier alpha value is -1.82. The van der Waals surface area contributed by atoms with Crippen molar-refractivity contribution in [2.24, 2.45) is 0 Å². The lowest BCUT2D eigenvalue weighted by atomic mass is 10.1. The first-order chi connectivity index (χ1) is 8.36. The van der Waals surface area contributed by atoms with Crippen LogP contribution in [0.4, 0.5) is 8.78 Å². The third-order valence-corrected chi connectivity index (χ3v) is 2.51. The first-order valence-electron chi connectivity index (χ1n) is 5.43. The number of hydrogen-bond acceptors (Lipinski definition) is 3. The molecule has 0 atom stereocenters. The molecule has 1 heterocycles. The number of aromatic nitrogens is 3. The molecule has 0 radical (unpaired) electrons. The minimum absolute atomic E-state index is 0.0622. The molecule has 0 fully saturated rings. The highest BCUT2D eigenvalue weighted by Gasteiger charge is 2.20. The van der Waals surface area contributed by atoms with E-state index in [1.807, 2.05) is 0 Å². The Balaban J connectivity index is 2.24. The summed E-state index contributed by atoms with van der Waals surface area (Å²) in [6, 6.07) is 3.24. The van der Waals surface area contributed by atoms with Crippen molar-refractivity contribution in [3.63, 3.8) is 0 Å². The molecule has 0 bridgehead atoms. The average molecular weight is 253 g/mol. The molecular weight excluding hydrogens is 240 g/mol. The number of hydrogen-bond donors (Lipinski definition) is 1. The first kappa shape index (κ1) is 12.6. The molecule has 1 aromatic carbocycles. The zero-order chi connectivity index (χ0) is 13.3. The second kappa shape index (κ2) is 4.45. The van der Waals surface area contributed by atoms with Crippen molar-refractivity contribution in [2.75, 3.05) is 0 Å². The highest BCUT2D eigenvalue weighted by molar-refractivity contribution is 5.19. The number of aliphatic hydroxyl groups is 1. The van der Waals surface area contributed by atoms with E-state index in [1.54, 1.807) is 13.8 Å². The summed E-state index contributed by atoms with van der Waals surface area (Å²) in [5.74, 6) is -1.01. The number of nitrogens with zero attached hydrogens (tertiary/aromatic N) is 3. The van der Waals surface area contributed by atoms with Crippen molar-refractivity contribution in [3.8, 4) is 0 Å². The van der Waals surface area contributed by atoms with E-state index in [9.17, 15) is 13.9 Å². The van der Waals surface area contributed by atoms with E-state index < -0.39 is 17.2 Å². The van der Waals surface area contributed by atoms with E-state index >= 15 is 0 Å². The molecule has 0 aliphatic carbocycles. The van der Waals surface area contributed by atoms with E-state index in [1.165, 1.54) is 10.9 Å². The molecule has 1 N–H and O–H groups in total. The Morgan fingerprint density at radius 3 is 2.67 bits per heavy atom. The van der Waals surface area contributed by atoms with Crippen LogP contribution in [0.5, 0.6) is 0 Å². The molecule has 0 aliphatic heterocycles. The van der Waals surface area contributed by atoms with Crippen molar-refractivity contribution < 1.29 is 13.9 Å². The summed E-state index contributed by atoms with van der Waals surface area (Å²) in [5.41, 5.74) is -0.555. The molecule has 0 amide bonds. The normalized spacial score (nSPS) is 11.8. The molecule has 0 spiro atoms. The molecule has 96 valence electrons. The van der Waals surface area contributed by atoms with Crippen LogP contribution in [0.1, 0.15) is 25.1 Å². The van der Waals surface area contributed by atoms with Crippen LogP contribution in [0.2, 0.25) is 0 Å². The number of halogens is 2. The maximum absolute atomic E-state index is 13.4. The zero-order valence-electron chi connectivity index (χ0n) is 10.1. The summed E-state index contributed by atoms with van der Waals surface area (Å²) in [6.45, 7) is 3.21. The van der Waals surface area contributed by atoms with E-state index in [0.717, 1.165) is 18.2 Å². The maximum atomic E-state index is 13.4. The highest BCUT2D eigenvalue weighted by Crippen LogP contribution is 2.17. The minimum atomic E-state index is -1.11. The van der Waals surface area contributed by atoms with Crippen molar-refractivity contribution in [3.05, 3.63) is 47.3 Å². The monoisotopic (exact) mass is 253 g/mol. The van der Waals surface area contributed by atoms with Gasteiger partial charge in [0, 0.05) is 5.56 Å². The van der Waals surface area contributed by atoms with Gasteiger partial charge in [0.2, 0.25) is 0 Å². The quantitative estimate of drug-likeness (QED) is 0.908. The van der Waals surface area contributed by atoms with Gasteiger partial charge in [-0.1, -0.05) is 5.21 Å². The average Bonchev–Trinajstić information content (AvgIpc) is 2.71. The van der Waals surface area contributed by atoms with Crippen molar-refractivity contribution in [1.29, 1.82) is 0 Å². The van der Waals surface area contributed by atoms with Crippen LogP contribution >= 0.6 is 0 Å². The highest BCUT2D eigenvalue weighted by atomic mass is 19.1. The number of rotatable bonds is 3. The fourth-order valence-corrected chi connectivity index (χ4v) is 1.50. The summed E-state index contributed by atoms with van der Waals surface area (Å²) >= 11 is 0. The third-order valence-electron chi connectivity index (χ3n) is 2.51. The van der Waals surface area contributed by atoms with Gasteiger partial charge in [-0.3, -0.25) is 0 Å². The molecule has 4 nitrogen and oxygen atoms in total. The molecule has 18 heavy (non-hydrogen) atoms. The molecule has 0 aliphatic rings. The van der Waals surface area contributed by atoms with Crippen LogP contribution in [0.25, 0.3) is 0 Å². The smallest absolute Gasteiger partial charge is 0.128 e. The molecular formula is C12H13F2N3O. The molecule has 2 rings (SSSR count). The third kappa shape index (κ3) is 2.70. The van der Waals surface area contributed by atoms with Gasteiger partial charge in [-0.25, -0.2) is 13.5 Å². The van der Waals surface area contributed by atoms with Gasteiger partial charge in [0.25, 0.3) is 0 Å². The van der Waals surface area contributed by atoms with Gasteiger partial charge in [0.05, 0.1) is 12.7 Å². The van der Waals surface area contributed by atoms with Crippen LogP contribution in [0.15, 0.2) is 24.4 Å². The SMILES string of the molecule is CC(C)(O)c1cn(Cc2cc(F)ccc2F)nn1. The predicted octanol–water partition coefficient (Wildman–Crippen LogP) is 1.83. The standard InChI is InChI=1S/C12H13F2N3O/c1-12(2,18)11-7-17(16-15-11)6-8-5-9(13)3-4-10(8)14/h3-5,7,18H,6H2,1-2H3. The minimum Gasteiger partial charge on any atom is -0.384 e. The van der Waals surface area contributed by atoms with E-state index in [2.05, 4.69) is 10.3 Å². The summed E-state index contributed by atoms with van der Waals surface area (Å²) < 4.78 is 27.8. The lowest BCUT2D eigenvalue weighted by Gasteiger charge is -2.11. The lowest BCUT2D eigenvalue weighted by Crippen LogP contribution is -2.15. The molecule has 6 heteroatoms. The lowest BCUT2D eigenvalue weighted by molar-refractivity contribution is 0.0737. The Bertz CT molecular complexity index is 561. The van der Waals surface area contributed by atoms with Crippen LogP contribution in [-0.2, 0) is 12.1 Å². The zero-order valence-corrected chi connectivity index (χ0v) is 10.1. The fourth-order valence-electron chi connectivity index (χ4n) is 1.50. The summed E-state index contributed by atoms with van der Waals surface area (Å²) in [6.07, 6.45) is 1.50. The van der Waals surface area contributed by atoms with Gasteiger partial charge in [-0.15, -0.1) is 5.10 Å². The van der Waals surface area contributed by atoms with Crippen LogP contribution in [0.3, 0.4) is 0 Å². The van der Waals surface area contributed by atoms with Gasteiger partial charge in [0.15, 0.2) is 0 Å². The fraction of sp³-hybridized carbons (Fsp3) is 0.333. The summed E-state index contributed by atoms with van der Waals surface area (Å²) in [4.78, 5) is 0. The van der Waals surface area contributed by atoms with Crippen molar-refractivity contribution in [1.82, 2.24) is 15.0 Å². The molecule has 1 aromatic heterocycles. The first-order valence-corrected chi connectivity index (χ1v) is 5.43. The topological polar surface area (TPSA) is 50.9 Å². The predicted molar refractivity (Wildman–Crippen MR) is 60.7 cm³/mol. The molecule has 2 aromatic rings. The van der Waals surface area contributed by atoms with Gasteiger partial charge in [-0.2, -0.15) is 0 Å². The van der Waals surface area contributed by atoms with Gasteiger partial charge >= 0.3 is 0 Å². The Labute approximate surface area is 103 Å². The second-order valence-electron chi connectivity index (χ2n) is 4.60. The van der Waals surface area contributed by atoms with E-state index in [0.29, 0.717) is 5.69 Å². The number of benzene rings is 1. The van der Waals surface area contributed by atoms with Crippen molar-refractivity contribution >= 4 is 0 Å². The van der Waals surface area contributed by atoms with Gasteiger partial charge < -0.3 is 5.11 Å². The summed E-state index contributed by atoms with van der Waals surface area (Å²) in [5, 5.41) is 17.3. The van der Waals surface area contributed by atoms with E-state index in [4.69, 9.17) is 0 Å². The summed E-state index contributed by atoms with van der Waals surface area (Å²) in [7, 11) is 0. The Morgan fingerprint density at radius 2 is 2.06 bits per heavy atom. The molecule has 0 saturated carbocycles. The van der Waals surface area contributed by atoms with Gasteiger partial charge in [-0.05, 0) is 32.0 Å². The molecule has 0 saturated heterocycles. The van der Waals surface area contributed by atoms with Crippen molar-refractivity contribution in [2.45, 2.75) is 26.0 Å². The molecule has 0 unspecified atom stereocenters. The van der Waals surface area contributed by atoms with Crippen LogP contribution in [0, 0.1) is 11.6 Å². The Morgan fingerprint density at radius 1 is 1.33 bits per heavy atom. The van der Waals surface area contributed by atoms with Crippen LogP contribution < -0.4 is 0 Å². The Kier molecular flexibility index (Phi) is 3.13. The van der Waals surface area contributed by atoms with Crippen LogP contribution in [-0.4, -0.2) is 20.1 Å².